The molecule has 2 unspecified atom stereocenters. The molecule has 2 rings (SSSR count). The van der Waals surface area contributed by atoms with Crippen LogP contribution >= 0.6 is 0 Å². The molecule has 0 spiro atoms. The highest BCUT2D eigenvalue weighted by Gasteiger charge is 2.29. The second kappa shape index (κ2) is 6.35. The number of fused-ring (bicyclic) bond motifs is 1. The van der Waals surface area contributed by atoms with Crippen molar-refractivity contribution in [1.82, 2.24) is 10.6 Å². The van der Waals surface area contributed by atoms with E-state index < -0.39 is 0 Å². The zero-order chi connectivity index (χ0) is 14.7. The third kappa shape index (κ3) is 3.18. The molecule has 4 heteroatoms. The molecule has 1 aliphatic carbocycles. The normalized spacial score (nSPS) is 18.9. The van der Waals surface area contributed by atoms with E-state index in [1.54, 1.807) is 13.1 Å². The molecule has 1 amide bonds. The lowest BCUT2D eigenvalue weighted by Crippen LogP contribution is -2.44. The summed E-state index contributed by atoms with van der Waals surface area (Å²) in [7, 11) is 1.65. The standard InChI is InChI=1S/C16H23FN2O/c1-10(2)9-15(16(20)18-3)19-14-8-7-11-12(14)5-4-6-13(11)17/h4-6,10,14-15,19H,7-9H2,1-3H3,(H,18,20). The summed E-state index contributed by atoms with van der Waals surface area (Å²) >= 11 is 0. The fourth-order valence-corrected chi connectivity index (χ4v) is 2.92. The Labute approximate surface area is 120 Å². The molecule has 0 aliphatic heterocycles. The molecule has 20 heavy (non-hydrogen) atoms. The predicted octanol–water partition coefficient (Wildman–Crippen LogP) is 2.56. The molecule has 110 valence electrons. The van der Waals surface area contributed by atoms with Crippen LogP contribution in [0.4, 0.5) is 4.39 Å². The number of rotatable bonds is 5. The van der Waals surface area contributed by atoms with Crippen LogP contribution in [0.1, 0.15) is 43.9 Å². The van der Waals surface area contributed by atoms with Crippen molar-refractivity contribution in [3.05, 3.63) is 35.1 Å². The van der Waals surface area contributed by atoms with Gasteiger partial charge in [0, 0.05) is 13.1 Å². The van der Waals surface area contributed by atoms with Gasteiger partial charge in [-0.05, 0) is 42.4 Å². The first kappa shape index (κ1) is 15.0. The molecule has 1 aromatic rings. The molecule has 1 aliphatic rings. The van der Waals surface area contributed by atoms with E-state index in [9.17, 15) is 9.18 Å². The zero-order valence-electron chi connectivity index (χ0n) is 12.4. The van der Waals surface area contributed by atoms with Gasteiger partial charge in [0.25, 0.3) is 0 Å². The first-order chi connectivity index (χ1) is 9.52. The van der Waals surface area contributed by atoms with E-state index in [1.165, 1.54) is 6.07 Å². The van der Waals surface area contributed by atoms with Crippen LogP contribution in [0.2, 0.25) is 0 Å². The highest BCUT2D eigenvalue weighted by atomic mass is 19.1. The monoisotopic (exact) mass is 278 g/mol. The van der Waals surface area contributed by atoms with Crippen molar-refractivity contribution in [3.63, 3.8) is 0 Å². The van der Waals surface area contributed by atoms with Crippen molar-refractivity contribution in [2.45, 2.75) is 45.2 Å². The van der Waals surface area contributed by atoms with E-state index in [4.69, 9.17) is 0 Å². The van der Waals surface area contributed by atoms with E-state index in [2.05, 4.69) is 24.5 Å². The Morgan fingerprint density at radius 2 is 2.20 bits per heavy atom. The lowest BCUT2D eigenvalue weighted by molar-refractivity contribution is -0.123. The SMILES string of the molecule is CNC(=O)C(CC(C)C)NC1CCc2c(F)cccc21. The number of carbonyl (C=O) groups is 1. The van der Waals surface area contributed by atoms with E-state index in [1.807, 2.05) is 6.07 Å². The Bertz CT molecular complexity index is 487. The summed E-state index contributed by atoms with van der Waals surface area (Å²) in [4.78, 5) is 12.0. The highest BCUT2D eigenvalue weighted by molar-refractivity contribution is 5.81. The van der Waals surface area contributed by atoms with Crippen LogP contribution in [0, 0.1) is 11.7 Å². The van der Waals surface area contributed by atoms with Crippen molar-refractivity contribution in [2.75, 3.05) is 7.05 Å². The molecule has 0 bridgehead atoms. The molecule has 2 atom stereocenters. The van der Waals surface area contributed by atoms with Crippen LogP contribution in [0.3, 0.4) is 0 Å². The van der Waals surface area contributed by atoms with Crippen LogP contribution in [0.15, 0.2) is 18.2 Å². The van der Waals surface area contributed by atoms with Crippen LogP contribution in [-0.4, -0.2) is 19.0 Å². The minimum absolute atomic E-state index is 0.00329. The molecular weight excluding hydrogens is 255 g/mol. The Kier molecular flexibility index (Phi) is 4.76. The lowest BCUT2D eigenvalue weighted by atomic mass is 10.0. The smallest absolute Gasteiger partial charge is 0.236 e. The number of halogens is 1. The number of likely N-dealkylation sites (N-methyl/N-ethyl adjacent to an activating group) is 1. The van der Waals surface area contributed by atoms with Gasteiger partial charge in [0.05, 0.1) is 6.04 Å². The van der Waals surface area contributed by atoms with Crippen LogP contribution in [-0.2, 0) is 11.2 Å². The Hall–Kier alpha value is -1.42. The van der Waals surface area contributed by atoms with Gasteiger partial charge in [0.1, 0.15) is 5.82 Å². The molecular formula is C16H23FN2O. The summed E-state index contributed by atoms with van der Waals surface area (Å²) in [5.74, 6) is 0.300. The van der Waals surface area contributed by atoms with Gasteiger partial charge in [-0.2, -0.15) is 0 Å². The molecule has 0 aromatic heterocycles. The summed E-state index contributed by atoms with van der Waals surface area (Å²) in [6.45, 7) is 4.19. The minimum atomic E-state index is -0.223. The lowest BCUT2D eigenvalue weighted by Gasteiger charge is -2.24. The largest absolute Gasteiger partial charge is 0.358 e. The van der Waals surface area contributed by atoms with Crippen LogP contribution in [0.25, 0.3) is 0 Å². The molecule has 3 nitrogen and oxygen atoms in total. The number of hydrogen-bond donors (Lipinski definition) is 2. The van der Waals surface area contributed by atoms with Gasteiger partial charge in [-0.1, -0.05) is 26.0 Å². The quantitative estimate of drug-likeness (QED) is 0.869. The van der Waals surface area contributed by atoms with Crippen molar-refractivity contribution in [2.24, 2.45) is 5.92 Å². The molecule has 0 heterocycles. The van der Waals surface area contributed by atoms with E-state index in [0.717, 1.165) is 30.4 Å². The van der Waals surface area contributed by atoms with Crippen LogP contribution in [0.5, 0.6) is 0 Å². The van der Waals surface area contributed by atoms with Gasteiger partial charge in [-0.25, -0.2) is 4.39 Å². The maximum absolute atomic E-state index is 13.7. The van der Waals surface area contributed by atoms with Gasteiger partial charge >= 0.3 is 0 Å². The van der Waals surface area contributed by atoms with Crippen molar-refractivity contribution < 1.29 is 9.18 Å². The van der Waals surface area contributed by atoms with Gasteiger partial charge < -0.3 is 5.32 Å². The summed E-state index contributed by atoms with van der Waals surface area (Å²) < 4.78 is 13.7. The maximum atomic E-state index is 13.7. The van der Waals surface area contributed by atoms with Crippen LogP contribution < -0.4 is 10.6 Å². The van der Waals surface area contributed by atoms with E-state index >= 15 is 0 Å². The molecule has 0 saturated carbocycles. The Morgan fingerprint density at radius 3 is 2.85 bits per heavy atom. The van der Waals surface area contributed by atoms with E-state index in [0.29, 0.717) is 5.92 Å². The predicted molar refractivity (Wildman–Crippen MR) is 77.9 cm³/mol. The number of hydrogen-bond acceptors (Lipinski definition) is 2. The molecule has 0 radical (unpaired) electrons. The second-order valence-electron chi connectivity index (χ2n) is 5.86. The van der Waals surface area contributed by atoms with Crippen molar-refractivity contribution in [3.8, 4) is 0 Å². The fourth-order valence-electron chi connectivity index (χ4n) is 2.92. The third-order valence-corrected chi connectivity index (χ3v) is 3.89. The topological polar surface area (TPSA) is 41.1 Å². The number of amides is 1. The molecule has 1 aromatic carbocycles. The maximum Gasteiger partial charge on any atom is 0.236 e. The molecule has 0 fully saturated rings. The first-order valence-corrected chi connectivity index (χ1v) is 7.27. The van der Waals surface area contributed by atoms with Gasteiger partial charge in [-0.15, -0.1) is 0 Å². The minimum Gasteiger partial charge on any atom is -0.358 e. The second-order valence-corrected chi connectivity index (χ2v) is 5.86. The third-order valence-electron chi connectivity index (χ3n) is 3.89. The van der Waals surface area contributed by atoms with Gasteiger partial charge in [0.15, 0.2) is 0 Å². The van der Waals surface area contributed by atoms with Crippen molar-refractivity contribution in [1.29, 1.82) is 0 Å². The average Bonchev–Trinajstić information content (AvgIpc) is 2.81. The summed E-state index contributed by atoms with van der Waals surface area (Å²) in [6, 6.07) is 5.05. The number of benzene rings is 1. The summed E-state index contributed by atoms with van der Waals surface area (Å²) in [6.07, 6.45) is 2.37. The van der Waals surface area contributed by atoms with Gasteiger partial charge in [0.2, 0.25) is 5.91 Å². The zero-order valence-corrected chi connectivity index (χ0v) is 12.4. The first-order valence-electron chi connectivity index (χ1n) is 7.27. The van der Waals surface area contributed by atoms with E-state index in [-0.39, 0.29) is 23.8 Å². The summed E-state index contributed by atoms with van der Waals surface area (Å²) in [5, 5.41) is 6.11. The number of carbonyl (C=O) groups excluding carboxylic acids is 1. The summed E-state index contributed by atoms with van der Waals surface area (Å²) in [5.41, 5.74) is 1.80. The number of nitrogens with one attached hydrogen (secondary N) is 2. The Balaban J connectivity index is 2.13. The molecule has 2 N–H and O–H groups in total. The van der Waals surface area contributed by atoms with Gasteiger partial charge in [-0.3, -0.25) is 10.1 Å². The molecule has 0 saturated heterocycles. The van der Waals surface area contributed by atoms with Crippen molar-refractivity contribution >= 4 is 5.91 Å². The fraction of sp³-hybridized carbons (Fsp3) is 0.562. The average molecular weight is 278 g/mol. The Morgan fingerprint density at radius 1 is 1.45 bits per heavy atom. The highest BCUT2D eigenvalue weighted by Crippen LogP contribution is 2.33.